The smallest absolute Gasteiger partial charge is 0.162 e. The third-order valence-electron chi connectivity index (χ3n) is 4.48. The largest absolute Gasteiger partial charge is 0.384 e. The van der Waals surface area contributed by atoms with Crippen LogP contribution in [-0.2, 0) is 16.5 Å². The van der Waals surface area contributed by atoms with Gasteiger partial charge in [0.1, 0.15) is 16.5 Å². The zero-order valence-corrected chi connectivity index (χ0v) is 15.6. The first-order valence-corrected chi connectivity index (χ1v) is 10.4. The van der Waals surface area contributed by atoms with Gasteiger partial charge in [0.05, 0.1) is 5.39 Å². The lowest BCUT2D eigenvalue weighted by molar-refractivity contribution is 0.291. The Kier molecular flexibility index (Phi) is 5.18. The SMILES string of the molecule is C#CCn1nc(Cl)c2c(NCC3CCN([S@@](C)(=N)=O)CC3)ccnc21. The van der Waals surface area contributed by atoms with E-state index in [1.165, 1.54) is 6.26 Å². The molecule has 9 heteroatoms. The normalized spacial score (nSPS) is 18.8. The van der Waals surface area contributed by atoms with E-state index in [9.17, 15) is 4.21 Å². The van der Waals surface area contributed by atoms with Gasteiger partial charge in [-0.1, -0.05) is 17.5 Å². The van der Waals surface area contributed by atoms with Gasteiger partial charge < -0.3 is 5.32 Å². The number of rotatable bonds is 5. The topological polar surface area (TPSA) is 86.9 Å². The highest BCUT2D eigenvalue weighted by atomic mass is 35.5. The number of nitrogens with one attached hydrogen (secondary N) is 2. The number of anilines is 1. The van der Waals surface area contributed by atoms with Gasteiger partial charge in [0.25, 0.3) is 0 Å². The second-order valence-corrected chi connectivity index (χ2v) is 8.74. The summed E-state index contributed by atoms with van der Waals surface area (Å²) in [5.74, 6) is 3.01. The summed E-state index contributed by atoms with van der Waals surface area (Å²) in [5.41, 5.74) is 1.56. The Morgan fingerprint density at radius 2 is 2.24 bits per heavy atom. The molecular weight excluding hydrogens is 360 g/mol. The molecule has 25 heavy (non-hydrogen) atoms. The standard InChI is InChI=1S/C16H21ClN6OS/c1-3-8-23-16-14(15(17)21-23)13(4-7-19-16)20-11-12-5-9-22(10-6-12)25(2,18)24/h1,4,7,12,18H,5-6,8-11H2,2H3,(H,19,20)/t25-/m1/s1. The summed E-state index contributed by atoms with van der Waals surface area (Å²) in [5, 5.41) is 8.85. The first kappa shape index (κ1) is 18.0. The molecule has 3 heterocycles. The Hall–Kier alpha value is -1.82. The molecule has 0 bridgehead atoms. The van der Waals surface area contributed by atoms with Crippen LogP contribution in [0.3, 0.4) is 0 Å². The highest BCUT2D eigenvalue weighted by Crippen LogP contribution is 2.29. The minimum atomic E-state index is -2.59. The molecule has 0 aromatic carbocycles. The molecule has 3 rings (SSSR count). The highest BCUT2D eigenvalue weighted by molar-refractivity contribution is 7.89. The lowest BCUT2D eigenvalue weighted by Crippen LogP contribution is -2.38. The maximum atomic E-state index is 11.8. The lowest BCUT2D eigenvalue weighted by Gasteiger charge is -2.31. The zero-order valence-electron chi connectivity index (χ0n) is 14.0. The molecule has 2 N–H and O–H groups in total. The Morgan fingerprint density at radius 1 is 1.52 bits per heavy atom. The Bertz CT molecular complexity index is 909. The number of pyridine rings is 1. The van der Waals surface area contributed by atoms with Gasteiger partial charge in [-0.25, -0.2) is 23.0 Å². The molecule has 0 spiro atoms. The van der Waals surface area contributed by atoms with Crippen LogP contribution in [-0.4, -0.2) is 49.2 Å². The minimum absolute atomic E-state index is 0.321. The van der Waals surface area contributed by atoms with E-state index in [1.54, 1.807) is 15.2 Å². The van der Waals surface area contributed by atoms with Crippen LogP contribution < -0.4 is 5.32 Å². The Morgan fingerprint density at radius 3 is 2.88 bits per heavy atom. The predicted octanol–water partition coefficient (Wildman–Crippen LogP) is 2.43. The van der Waals surface area contributed by atoms with Gasteiger partial charge in [-0.2, -0.15) is 5.10 Å². The van der Waals surface area contributed by atoms with Crippen LogP contribution in [0.4, 0.5) is 5.69 Å². The van der Waals surface area contributed by atoms with Crippen LogP contribution in [0.5, 0.6) is 0 Å². The summed E-state index contributed by atoms with van der Waals surface area (Å²) in [7, 11) is -2.59. The predicted molar refractivity (Wildman–Crippen MR) is 101 cm³/mol. The van der Waals surface area contributed by atoms with Crippen LogP contribution in [0.1, 0.15) is 12.8 Å². The van der Waals surface area contributed by atoms with Crippen LogP contribution >= 0.6 is 11.6 Å². The van der Waals surface area contributed by atoms with Crippen molar-refractivity contribution in [3.05, 3.63) is 17.4 Å². The first-order chi connectivity index (χ1) is 11.9. The van der Waals surface area contributed by atoms with E-state index >= 15 is 0 Å². The van der Waals surface area contributed by atoms with E-state index in [0.717, 1.165) is 30.5 Å². The summed E-state index contributed by atoms with van der Waals surface area (Å²) in [6.07, 6.45) is 10.4. The molecule has 0 aliphatic carbocycles. The van der Waals surface area contributed by atoms with Crippen molar-refractivity contribution in [3.63, 3.8) is 0 Å². The van der Waals surface area contributed by atoms with Crippen molar-refractivity contribution in [2.45, 2.75) is 19.4 Å². The van der Waals surface area contributed by atoms with Crippen LogP contribution in [0.2, 0.25) is 5.15 Å². The molecule has 0 saturated carbocycles. The average molecular weight is 381 g/mol. The molecule has 2 aromatic heterocycles. The van der Waals surface area contributed by atoms with E-state index < -0.39 is 9.92 Å². The Labute approximate surface area is 152 Å². The second-order valence-electron chi connectivity index (χ2n) is 6.27. The average Bonchev–Trinajstić information content (AvgIpc) is 2.90. The van der Waals surface area contributed by atoms with Crippen LogP contribution in [0.25, 0.3) is 11.0 Å². The quantitative estimate of drug-likeness (QED) is 0.780. The number of piperidine rings is 1. The molecule has 134 valence electrons. The van der Waals surface area contributed by atoms with Crippen molar-refractivity contribution in [2.75, 3.05) is 31.2 Å². The maximum absolute atomic E-state index is 11.8. The summed E-state index contributed by atoms with van der Waals surface area (Å²) in [4.78, 5) is 4.33. The second kappa shape index (κ2) is 7.20. The molecular formula is C16H21ClN6OS. The van der Waals surface area contributed by atoms with Crippen molar-refractivity contribution in [1.82, 2.24) is 19.1 Å². The van der Waals surface area contributed by atoms with E-state index in [2.05, 4.69) is 21.3 Å². The molecule has 1 atom stereocenters. The molecule has 1 saturated heterocycles. The van der Waals surface area contributed by atoms with Crippen LogP contribution in [0, 0.1) is 23.0 Å². The number of hydrogen-bond acceptors (Lipinski definition) is 5. The van der Waals surface area contributed by atoms with E-state index in [4.69, 9.17) is 22.8 Å². The highest BCUT2D eigenvalue weighted by Gasteiger charge is 2.23. The van der Waals surface area contributed by atoms with Crippen molar-refractivity contribution < 1.29 is 4.21 Å². The van der Waals surface area contributed by atoms with Gasteiger partial charge in [0, 0.05) is 37.8 Å². The van der Waals surface area contributed by atoms with Crippen molar-refractivity contribution in [1.29, 1.82) is 4.78 Å². The Balaban J connectivity index is 1.69. The number of nitrogens with zero attached hydrogens (tertiary/aromatic N) is 4. The van der Waals surface area contributed by atoms with Gasteiger partial charge in [-0.05, 0) is 24.8 Å². The van der Waals surface area contributed by atoms with Gasteiger partial charge in [-0.15, -0.1) is 6.42 Å². The number of fused-ring (bicyclic) bond motifs is 1. The third kappa shape index (κ3) is 3.89. The summed E-state index contributed by atoms with van der Waals surface area (Å²) in [6, 6.07) is 1.88. The fraction of sp³-hybridized carbons (Fsp3) is 0.500. The van der Waals surface area contributed by atoms with E-state index in [1.807, 2.05) is 6.07 Å². The molecule has 2 aromatic rings. The molecule has 1 aliphatic heterocycles. The minimum Gasteiger partial charge on any atom is -0.384 e. The van der Waals surface area contributed by atoms with E-state index in [-0.39, 0.29) is 0 Å². The van der Waals surface area contributed by atoms with E-state index in [0.29, 0.717) is 36.4 Å². The molecule has 0 radical (unpaired) electrons. The van der Waals surface area contributed by atoms with Crippen LogP contribution in [0.15, 0.2) is 12.3 Å². The zero-order chi connectivity index (χ0) is 18.0. The van der Waals surface area contributed by atoms with Gasteiger partial charge >= 0.3 is 0 Å². The van der Waals surface area contributed by atoms with Gasteiger partial charge in [0.15, 0.2) is 10.8 Å². The van der Waals surface area contributed by atoms with Gasteiger partial charge in [-0.3, -0.25) is 0 Å². The number of aromatic nitrogens is 3. The maximum Gasteiger partial charge on any atom is 0.162 e. The molecule has 1 fully saturated rings. The van der Waals surface area contributed by atoms with Crippen molar-refractivity contribution >= 4 is 38.2 Å². The number of hydrogen-bond donors (Lipinski definition) is 2. The number of terminal acetylenes is 1. The number of halogens is 1. The summed E-state index contributed by atoms with van der Waals surface area (Å²) < 4.78 is 22.8. The van der Waals surface area contributed by atoms with Crippen molar-refractivity contribution in [2.24, 2.45) is 5.92 Å². The summed E-state index contributed by atoms with van der Waals surface area (Å²) in [6.45, 7) is 2.49. The first-order valence-electron chi connectivity index (χ1n) is 8.07. The third-order valence-corrected chi connectivity index (χ3v) is 6.09. The molecule has 0 amide bonds. The molecule has 1 aliphatic rings. The fourth-order valence-corrected chi connectivity index (χ4v) is 4.30. The fourth-order valence-electron chi connectivity index (χ4n) is 3.11. The summed E-state index contributed by atoms with van der Waals surface area (Å²) >= 11 is 6.27. The monoisotopic (exact) mass is 380 g/mol. The van der Waals surface area contributed by atoms with Crippen molar-refractivity contribution in [3.8, 4) is 12.3 Å². The molecule has 7 nitrogen and oxygen atoms in total. The lowest BCUT2D eigenvalue weighted by atomic mass is 9.98. The van der Waals surface area contributed by atoms with Gasteiger partial charge in [0.2, 0.25) is 0 Å². The molecule has 0 unspecified atom stereocenters.